The van der Waals surface area contributed by atoms with Crippen LogP contribution in [0.5, 0.6) is 0 Å². The molecule has 0 N–H and O–H groups in total. The van der Waals surface area contributed by atoms with Crippen LogP contribution in [-0.4, -0.2) is 22.5 Å². The van der Waals surface area contributed by atoms with Crippen LogP contribution in [0.3, 0.4) is 0 Å². The highest BCUT2D eigenvalue weighted by atomic mass is 16.7. The van der Waals surface area contributed by atoms with Gasteiger partial charge in [0.2, 0.25) is 0 Å². The maximum atomic E-state index is 12.6. The zero-order valence-corrected chi connectivity index (χ0v) is 19.7. The third-order valence-electron chi connectivity index (χ3n) is 6.24. The zero-order valence-electron chi connectivity index (χ0n) is 19.7. The number of benzene rings is 2. The standard InChI is InChI=1S/C28H33N3O2/c1-3-5-6-13-18-24(32)33-31-20-19-21(4-2)27-28(31)30-26(23-16-11-8-12-17-23)25(29-27)22-14-9-7-10-15-22/h7-12,14-17,21H,3-6,13,18-20H2,1-2H3. The smallest absolute Gasteiger partial charge is 0.332 e. The lowest BCUT2D eigenvalue weighted by atomic mass is 9.93. The molecule has 33 heavy (non-hydrogen) atoms. The summed E-state index contributed by atoms with van der Waals surface area (Å²) >= 11 is 0. The summed E-state index contributed by atoms with van der Waals surface area (Å²) in [7, 11) is 0. The zero-order chi connectivity index (χ0) is 23.0. The summed E-state index contributed by atoms with van der Waals surface area (Å²) in [6.07, 6.45) is 6.50. The highest BCUT2D eigenvalue weighted by molar-refractivity contribution is 5.80. The largest absolute Gasteiger partial charge is 0.339 e. The van der Waals surface area contributed by atoms with Crippen molar-refractivity contribution in [2.24, 2.45) is 0 Å². The molecular formula is C28H33N3O2. The van der Waals surface area contributed by atoms with Crippen molar-refractivity contribution in [3.05, 3.63) is 66.4 Å². The van der Waals surface area contributed by atoms with Gasteiger partial charge in [0.1, 0.15) is 0 Å². The monoisotopic (exact) mass is 443 g/mol. The van der Waals surface area contributed by atoms with E-state index in [9.17, 15) is 4.79 Å². The number of carbonyl (C=O) groups excluding carboxylic acids is 1. The van der Waals surface area contributed by atoms with Gasteiger partial charge >= 0.3 is 5.97 Å². The first kappa shape index (κ1) is 23.0. The lowest BCUT2D eigenvalue weighted by Crippen LogP contribution is -2.35. The van der Waals surface area contributed by atoms with E-state index in [4.69, 9.17) is 14.8 Å². The molecule has 0 bridgehead atoms. The maximum Gasteiger partial charge on any atom is 0.332 e. The van der Waals surface area contributed by atoms with E-state index in [0.29, 0.717) is 24.7 Å². The van der Waals surface area contributed by atoms with Crippen molar-refractivity contribution in [3.8, 4) is 22.5 Å². The highest BCUT2D eigenvalue weighted by Crippen LogP contribution is 2.39. The average Bonchev–Trinajstić information content (AvgIpc) is 2.87. The van der Waals surface area contributed by atoms with Crippen LogP contribution in [-0.2, 0) is 9.63 Å². The minimum Gasteiger partial charge on any atom is -0.339 e. The average molecular weight is 444 g/mol. The van der Waals surface area contributed by atoms with Gasteiger partial charge < -0.3 is 4.84 Å². The van der Waals surface area contributed by atoms with Gasteiger partial charge in [-0.2, -0.15) is 5.06 Å². The van der Waals surface area contributed by atoms with Crippen molar-refractivity contribution in [1.82, 2.24) is 9.97 Å². The molecule has 0 spiro atoms. The quantitative estimate of drug-likeness (QED) is 0.335. The molecule has 3 aromatic rings. The molecule has 0 radical (unpaired) electrons. The van der Waals surface area contributed by atoms with Crippen LogP contribution in [0.1, 0.15) is 70.4 Å². The first-order valence-electron chi connectivity index (χ1n) is 12.2. The molecule has 0 saturated carbocycles. The van der Waals surface area contributed by atoms with Crippen LogP contribution in [0.25, 0.3) is 22.5 Å². The SMILES string of the molecule is CCCCCCC(=O)ON1CCC(CC)c2nc(-c3ccccc3)c(-c3ccccc3)nc21. The number of hydroxylamine groups is 1. The number of aromatic nitrogens is 2. The summed E-state index contributed by atoms with van der Waals surface area (Å²) in [6, 6.07) is 20.3. The predicted octanol–water partition coefficient (Wildman–Crippen LogP) is 6.94. The number of rotatable bonds is 9. The topological polar surface area (TPSA) is 55.3 Å². The minimum absolute atomic E-state index is 0.192. The molecule has 1 aliphatic rings. The third-order valence-corrected chi connectivity index (χ3v) is 6.24. The molecule has 4 rings (SSSR count). The van der Waals surface area contributed by atoms with E-state index in [-0.39, 0.29) is 5.97 Å². The van der Waals surface area contributed by atoms with Gasteiger partial charge in [0.15, 0.2) is 5.82 Å². The Labute approximate surface area is 196 Å². The molecule has 1 unspecified atom stereocenters. The van der Waals surface area contributed by atoms with E-state index in [2.05, 4.69) is 26.0 Å². The van der Waals surface area contributed by atoms with E-state index in [1.54, 1.807) is 5.06 Å². The van der Waals surface area contributed by atoms with Crippen molar-refractivity contribution >= 4 is 11.8 Å². The molecule has 0 aliphatic carbocycles. The number of unbranched alkanes of at least 4 members (excludes halogenated alkanes) is 3. The first-order valence-corrected chi connectivity index (χ1v) is 12.2. The predicted molar refractivity (Wildman–Crippen MR) is 133 cm³/mol. The van der Waals surface area contributed by atoms with Gasteiger partial charge in [-0.25, -0.2) is 14.8 Å². The Kier molecular flexibility index (Phi) is 7.71. The number of hydrogen-bond acceptors (Lipinski definition) is 5. The highest BCUT2D eigenvalue weighted by Gasteiger charge is 2.31. The Morgan fingerprint density at radius 1 is 0.909 bits per heavy atom. The van der Waals surface area contributed by atoms with Gasteiger partial charge in [0.05, 0.1) is 23.6 Å². The number of fused-ring (bicyclic) bond motifs is 1. The van der Waals surface area contributed by atoms with Crippen molar-refractivity contribution in [1.29, 1.82) is 0 Å². The maximum absolute atomic E-state index is 12.6. The molecule has 172 valence electrons. The fourth-order valence-electron chi connectivity index (χ4n) is 4.36. The molecule has 5 nitrogen and oxygen atoms in total. The van der Waals surface area contributed by atoms with Crippen molar-refractivity contribution < 1.29 is 9.63 Å². The van der Waals surface area contributed by atoms with E-state index in [1.165, 1.54) is 0 Å². The summed E-state index contributed by atoms with van der Waals surface area (Å²) in [4.78, 5) is 28.6. The van der Waals surface area contributed by atoms with E-state index in [1.807, 2.05) is 48.5 Å². The number of anilines is 1. The molecule has 1 aliphatic heterocycles. The van der Waals surface area contributed by atoms with Gasteiger partial charge in [0, 0.05) is 23.5 Å². The second kappa shape index (κ2) is 11.1. The molecule has 2 aromatic carbocycles. The summed E-state index contributed by atoms with van der Waals surface area (Å²) in [6.45, 7) is 4.98. The third kappa shape index (κ3) is 5.41. The lowest BCUT2D eigenvalue weighted by Gasteiger charge is -2.32. The molecule has 2 heterocycles. The molecule has 1 atom stereocenters. The second-order valence-corrected chi connectivity index (χ2v) is 8.63. The van der Waals surface area contributed by atoms with Crippen LogP contribution in [0.15, 0.2) is 60.7 Å². The molecule has 0 amide bonds. The summed E-state index contributed by atoms with van der Waals surface area (Å²) in [5.41, 5.74) is 4.62. The van der Waals surface area contributed by atoms with E-state index >= 15 is 0 Å². The summed E-state index contributed by atoms with van der Waals surface area (Å²) in [5.74, 6) is 0.773. The lowest BCUT2D eigenvalue weighted by molar-refractivity contribution is -0.145. The van der Waals surface area contributed by atoms with E-state index in [0.717, 1.165) is 66.7 Å². The van der Waals surface area contributed by atoms with E-state index < -0.39 is 0 Å². The van der Waals surface area contributed by atoms with Crippen molar-refractivity contribution in [2.75, 3.05) is 11.6 Å². The Hall–Kier alpha value is -3.21. The second-order valence-electron chi connectivity index (χ2n) is 8.63. The van der Waals surface area contributed by atoms with Gasteiger partial charge in [-0.15, -0.1) is 0 Å². The Morgan fingerprint density at radius 3 is 2.15 bits per heavy atom. The number of carbonyl (C=O) groups is 1. The normalized spacial score (nSPS) is 15.2. The fraction of sp³-hybridized carbons (Fsp3) is 0.393. The molecular weight excluding hydrogens is 410 g/mol. The van der Waals surface area contributed by atoms with Crippen LogP contribution in [0.4, 0.5) is 5.82 Å². The molecule has 0 saturated heterocycles. The number of nitrogens with zero attached hydrogens (tertiary/aromatic N) is 3. The Morgan fingerprint density at radius 2 is 1.55 bits per heavy atom. The van der Waals surface area contributed by atoms with Crippen LogP contribution < -0.4 is 5.06 Å². The Balaban J connectivity index is 1.72. The molecule has 0 fully saturated rings. The van der Waals surface area contributed by atoms with Crippen molar-refractivity contribution in [2.45, 2.75) is 64.7 Å². The number of hydrogen-bond donors (Lipinski definition) is 0. The van der Waals surface area contributed by atoms with Crippen LogP contribution in [0.2, 0.25) is 0 Å². The molecule has 5 heteroatoms. The Bertz CT molecular complexity index is 1050. The summed E-state index contributed by atoms with van der Waals surface area (Å²) in [5, 5.41) is 1.68. The first-order chi connectivity index (χ1) is 16.2. The fourth-order valence-corrected chi connectivity index (χ4v) is 4.36. The summed E-state index contributed by atoms with van der Waals surface area (Å²) < 4.78 is 0. The van der Waals surface area contributed by atoms with Crippen molar-refractivity contribution in [3.63, 3.8) is 0 Å². The van der Waals surface area contributed by atoms with Crippen LogP contribution >= 0.6 is 0 Å². The van der Waals surface area contributed by atoms with Gasteiger partial charge in [0.25, 0.3) is 0 Å². The van der Waals surface area contributed by atoms with Gasteiger partial charge in [-0.05, 0) is 19.3 Å². The van der Waals surface area contributed by atoms with Crippen LogP contribution in [0, 0.1) is 0 Å². The van der Waals surface area contributed by atoms with Gasteiger partial charge in [-0.3, -0.25) is 0 Å². The minimum atomic E-state index is -0.192. The van der Waals surface area contributed by atoms with Gasteiger partial charge in [-0.1, -0.05) is 93.8 Å². The molecule has 1 aromatic heterocycles.